The van der Waals surface area contributed by atoms with E-state index in [2.05, 4.69) is 10.2 Å². The van der Waals surface area contributed by atoms with Gasteiger partial charge >= 0.3 is 0 Å². The molecule has 1 fully saturated rings. The maximum absolute atomic E-state index is 12.3. The topological polar surface area (TPSA) is 78.6 Å². The molecule has 1 aliphatic rings. The van der Waals surface area contributed by atoms with Crippen LogP contribution in [0, 0.1) is 0 Å². The average molecular weight is 277 g/mol. The molecule has 20 heavy (non-hydrogen) atoms. The van der Waals surface area contributed by atoms with Crippen LogP contribution in [0.25, 0.3) is 0 Å². The number of carbonyl (C=O) groups is 1. The zero-order valence-electron chi connectivity index (χ0n) is 11.9. The smallest absolute Gasteiger partial charge is 0.241 e. The fourth-order valence-electron chi connectivity index (χ4n) is 2.52. The highest BCUT2D eigenvalue weighted by atomic mass is 16.3. The van der Waals surface area contributed by atoms with Gasteiger partial charge in [0.05, 0.1) is 24.0 Å². The van der Waals surface area contributed by atoms with Crippen molar-refractivity contribution in [2.24, 2.45) is 0 Å². The Kier molecular flexibility index (Phi) is 4.98. The average Bonchev–Trinajstić information content (AvgIpc) is 2.38. The lowest BCUT2D eigenvalue weighted by Crippen LogP contribution is -2.51. The minimum absolute atomic E-state index is 0.0710. The van der Waals surface area contributed by atoms with Crippen molar-refractivity contribution in [1.29, 1.82) is 0 Å². The lowest BCUT2D eigenvalue weighted by atomic mass is 9.90. The monoisotopic (exact) mass is 277 g/mol. The number of nitrogens with one attached hydrogen (secondary N) is 1. The molecule has 1 amide bonds. The summed E-state index contributed by atoms with van der Waals surface area (Å²) in [6.45, 7) is 2.48. The van der Waals surface area contributed by atoms with Gasteiger partial charge in [0.2, 0.25) is 5.91 Å². The van der Waals surface area contributed by atoms with Crippen LogP contribution in [0.2, 0.25) is 0 Å². The first-order chi connectivity index (χ1) is 9.63. The molecular formula is C15H23N3O2. The Balaban J connectivity index is 2.01. The van der Waals surface area contributed by atoms with Crippen LogP contribution in [-0.2, 0) is 4.79 Å². The Morgan fingerprint density at radius 1 is 1.50 bits per heavy atom. The number of rotatable bonds is 6. The van der Waals surface area contributed by atoms with Crippen molar-refractivity contribution in [3.63, 3.8) is 0 Å². The standard InChI is InChI=1S/C15H23N3O2/c1-11(18(9-10-19)12-5-4-6-12)15(20)17-14-8-3-2-7-13(14)16/h2-3,7-8,11-12,19H,4-6,9-10,16H2,1H3,(H,17,20). The Bertz CT molecular complexity index is 460. The second-order valence-electron chi connectivity index (χ2n) is 5.30. The Labute approximate surface area is 119 Å². The highest BCUT2D eigenvalue weighted by Crippen LogP contribution is 2.27. The summed E-state index contributed by atoms with van der Waals surface area (Å²) in [5.74, 6) is -0.0803. The van der Waals surface area contributed by atoms with Gasteiger partial charge in [-0.15, -0.1) is 0 Å². The van der Waals surface area contributed by atoms with E-state index < -0.39 is 0 Å². The van der Waals surface area contributed by atoms with Crippen LogP contribution < -0.4 is 11.1 Å². The molecule has 0 heterocycles. The molecule has 1 saturated carbocycles. The van der Waals surface area contributed by atoms with Crippen LogP contribution in [0.15, 0.2) is 24.3 Å². The molecule has 1 aliphatic carbocycles. The molecule has 110 valence electrons. The minimum Gasteiger partial charge on any atom is -0.397 e. The fraction of sp³-hybridized carbons (Fsp3) is 0.533. The zero-order chi connectivity index (χ0) is 14.5. The van der Waals surface area contributed by atoms with Crippen LogP contribution in [0.5, 0.6) is 0 Å². The van der Waals surface area contributed by atoms with Crippen molar-refractivity contribution >= 4 is 17.3 Å². The van der Waals surface area contributed by atoms with Crippen LogP contribution in [0.1, 0.15) is 26.2 Å². The maximum Gasteiger partial charge on any atom is 0.241 e. The number of hydrogen-bond donors (Lipinski definition) is 3. The van der Waals surface area contributed by atoms with Gasteiger partial charge in [-0.05, 0) is 31.9 Å². The van der Waals surface area contributed by atoms with Gasteiger partial charge < -0.3 is 16.2 Å². The van der Waals surface area contributed by atoms with Gasteiger partial charge in [-0.1, -0.05) is 18.6 Å². The molecule has 1 atom stereocenters. The van der Waals surface area contributed by atoms with Crippen molar-refractivity contribution in [3.05, 3.63) is 24.3 Å². The number of aliphatic hydroxyl groups excluding tert-OH is 1. The first-order valence-electron chi connectivity index (χ1n) is 7.15. The molecule has 1 aromatic carbocycles. The van der Waals surface area contributed by atoms with Crippen LogP contribution in [0.3, 0.4) is 0 Å². The summed E-state index contributed by atoms with van der Waals surface area (Å²) >= 11 is 0. The number of carbonyl (C=O) groups excluding carboxylic acids is 1. The molecule has 2 rings (SSSR count). The molecule has 0 radical (unpaired) electrons. The SMILES string of the molecule is CC(C(=O)Nc1ccccc1N)N(CCO)C1CCC1. The van der Waals surface area contributed by atoms with Gasteiger partial charge in [0, 0.05) is 12.6 Å². The summed E-state index contributed by atoms with van der Waals surface area (Å²) in [4.78, 5) is 14.4. The number of benzene rings is 1. The first-order valence-corrected chi connectivity index (χ1v) is 7.15. The number of aliphatic hydroxyl groups is 1. The minimum atomic E-state index is -0.271. The van der Waals surface area contributed by atoms with E-state index in [1.807, 2.05) is 19.1 Å². The zero-order valence-corrected chi connectivity index (χ0v) is 11.9. The third-order valence-corrected chi connectivity index (χ3v) is 4.00. The molecule has 0 spiro atoms. The van der Waals surface area contributed by atoms with Gasteiger partial charge in [-0.2, -0.15) is 0 Å². The van der Waals surface area contributed by atoms with E-state index >= 15 is 0 Å². The first kappa shape index (κ1) is 14.8. The summed E-state index contributed by atoms with van der Waals surface area (Å²) < 4.78 is 0. The normalized spacial score (nSPS) is 16.8. The number of para-hydroxylation sites is 2. The van der Waals surface area contributed by atoms with E-state index in [0.29, 0.717) is 24.0 Å². The van der Waals surface area contributed by atoms with Crippen LogP contribution >= 0.6 is 0 Å². The van der Waals surface area contributed by atoms with E-state index in [0.717, 1.165) is 12.8 Å². The predicted molar refractivity (Wildman–Crippen MR) is 80.4 cm³/mol. The van der Waals surface area contributed by atoms with Gasteiger partial charge in [-0.3, -0.25) is 9.69 Å². The van der Waals surface area contributed by atoms with Crippen molar-refractivity contribution in [2.45, 2.75) is 38.3 Å². The van der Waals surface area contributed by atoms with E-state index in [1.165, 1.54) is 6.42 Å². The number of nitrogen functional groups attached to an aromatic ring is 1. The van der Waals surface area contributed by atoms with Gasteiger partial charge in [0.1, 0.15) is 0 Å². The lowest BCUT2D eigenvalue weighted by Gasteiger charge is -2.40. The number of hydrogen-bond acceptors (Lipinski definition) is 4. The van der Waals surface area contributed by atoms with Crippen LogP contribution in [-0.4, -0.2) is 41.1 Å². The van der Waals surface area contributed by atoms with Gasteiger partial charge in [0.25, 0.3) is 0 Å². The summed E-state index contributed by atoms with van der Waals surface area (Å²) in [7, 11) is 0. The number of nitrogens with two attached hydrogens (primary N) is 1. The molecule has 0 bridgehead atoms. The third kappa shape index (κ3) is 3.29. The Hall–Kier alpha value is -1.59. The quantitative estimate of drug-likeness (QED) is 0.688. The maximum atomic E-state index is 12.3. The van der Waals surface area contributed by atoms with E-state index in [1.54, 1.807) is 12.1 Å². The second kappa shape index (κ2) is 6.72. The van der Waals surface area contributed by atoms with Crippen molar-refractivity contribution < 1.29 is 9.90 Å². The number of amides is 1. The largest absolute Gasteiger partial charge is 0.397 e. The molecule has 4 N–H and O–H groups in total. The van der Waals surface area contributed by atoms with Gasteiger partial charge in [0.15, 0.2) is 0 Å². The predicted octanol–water partition coefficient (Wildman–Crippen LogP) is 1.44. The molecule has 0 aliphatic heterocycles. The molecule has 1 unspecified atom stereocenters. The van der Waals surface area contributed by atoms with Gasteiger partial charge in [-0.25, -0.2) is 0 Å². The molecule has 0 saturated heterocycles. The summed E-state index contributed by atoms with van der Waals surface area (Å²) in [6, 6.07) is 7.37. The van der Waals surface area contributed by atoms with Crippen molar-refractivity contribution in [3.8, 4) is 0 Å². The van der Waals surface area contributed by atoms with Crippen molar-refractivity contribution in [1.82, 2.24) is 4.90 Å². The Morgan fingerprint density at radius 2 is 2.20 bits per heavy atom. The molecule has 5 nitrogen and oxygen atoms in total. The van der Waals surface area contributed by atoms with E-state index in [-0.39, 0.29) is 18.6 Å². The number of anilines is 2. The molecule has 0 aromatic heterocycles. The lowest BCUT2D eigenvalue weighted by molar-refractivity contribution is -0.122. The van der Waals surface area contributed by atoms with Crippen LogP contribution in [0.4, 0.5) is 11.4 Å². The summed E-state index contributed by atoms with van der Waals surface area (Å²) in [6.07, 6.45) is 3.41. The number of nitrogens with zero attached hydrogens (tertiary/aromatic N) is 1. The van der Waals surface area contributed by atoms with E-state index in [4.69, 9.17) is 5.73 Å². The highest BCUT2D eigenvalue weighted by Gasteiger charge is 2.31. The third-order valence-electron chi connectivity index (χ3n) is 4.00. The molecular weight excluding hydrogens is 254 g/mol. The molecule has 1 aromatic rings. The fourth-order valence-corrected chi connectivity index (χ4v) is 2.52. The van der Waals surface area contributed by atoms with Crippen molar-refractivity contribution in [2.75, 3.05) is 24.2 Å². The summed E-state index contributed by atoms with van der Waals surface area (Å²) in [5.41, 5.74) is 7.03. The molecule has 5 heteroatoms. The highest BCUT2D eigenvalue weighted by molar-refractivity contribution is 5.97. The van der Waals surface area contributed by atoms with E-state index in [9.17, 15) is 9.90 Å². The Morgan fingerprint density at radius 3 is 2.75 bits per heavy atom. The summed E-state index contributed by atoms with van der Waals surface area (Å²) in [5, 5.41) is 12.0. The second-order valence-corrected chi connectivity index (χ2v) is 5.30.